The van der Waals surface area contributed by atoms with Crippen molar-refractivity contribution in [2.45, 2.75) is 6.42 Å². The van der Waals surface area contributed by atoms with E-state index in [0.29, 0.717) is 34.8 Å². The van der Waals surface area contributed by atoms with E-state index in [1.165, 1.54) is 7.11 Å². The molecule has 0 saturated carbocycles. The van der Waals surface area contributed by atoms with Gasteiger partial charge in [-0.15, -0.1) is 0 Å². The number of ether oxygens (including phenoxy) is 4. The second-order valence-electron chi connectivity index (χ2n) is 7.62. The molecule has 3 aromatic rings. The van der Waals surface area contributed by atoms with E-state index in [-0.39, 0.29) is 12.5 Å². The summed E-state index contributed by atoms with van der Waals surface area (Å²) in [6.07, 6.45) is 0.336. The smallest absolute Gasteiger partial charge is 0.343 e. The zero-order chi connectivity index (χ0) is 25.2. The molecule has 1 amide bonds. The zero-order valence-corrected chi connectivity index (χ0v) is 19.8. The van der Waals surface area contributed by atoms with Crippen LogP contribution < -0.4 is 19.5 Å². The van der Waals surface area contributed by atoms with Gasteiger partial charge in [0.05, 0.1) is 32.8 Å². The minimum absolute atomic E-state index is 0.103. The molecule has 3 rings (SSSR count). The van der Waals surface area contributed by atoms with E-state index in [2.05, 4.69) is 5.32 Å². The summed E-state index contributed by atoms with van der Waals surface area (Å²) in [5.74, 6) is -0.156. The number of carbonyl (C=O) groups is 3. The van der Waals surface area contributed by atoms with Crippen LogP contribution in [0.3, 0.4) is 0 Å². The summed E-state index contributed by atoms with van der Waals surface area (Å²) in [5, 5.41) is 2.78. The van der Waals surface area contributed by atoms with Gasteiger partial charge in [-0.2, -0.15) is 0 Å². The van der Waals surface area contributed by atoms with Gasteiger partial charge in [-0.3, -0.25) is 9.59 Å². The molecule has 0 fully saturated rings. The topological polar surface area (TPSA) is 100 Å². The molecular formula is C27H27NO7. The van der Waals surface area contributed by atoms with Crippen molar-refractivity contribution < 1.29 is 33.3 Å². The van der Waals surface area contributed by atoms with Gasteiger partial charge in [0.25, 0.3) is 5.91 Å². The third-order valence-electron chi connectivity index (χ3n) is 5.34. The predicted molar refractivity (Wildman–Crippen MR) is 129 cm³/mol. The summed E-state index contributed by atoms with van der Waals surface area (Å²) < 4.78 is 20.5. The van der Waals surface area contributed by atoms with Crippen molar-refractivity contribution in [2.24, 2.45) is 5.92 Å². The predicted octanol–water partition coefficient (Wildman–Crippen LogP) is 3.68. The molecule has 0 aromatic heterocycles. The Morgan fingerprint density at radius 2 is 1.23 bits per heavy atom. The lowest BCUT2D eigenvalue weighted by Crippen LogP contribution is -2.34. The van der Waals surface area contributed by atoms with Crippen LogP contribution in [-0.2, 0) is 16.0 Å². The molecule has 0 aliphatic rings. The Morgan fingerprint density at radius 3 is 1.74 bits per heavy atom. The molecule has 1 unspecified atom stereocenters. The SMILES string of the molecule is COC(=O)C(CNC(=O)c1ccc(OC)cc1)Cc1ccc(OC(=O)c2ccc(OC)cc2)cc1. The maximum atomic E-state index is 12.5. The quantitative estimate of drug-likeness (QED) is 0.351. The third kappa shape index (κ3) is 7.07. The number of hydrogen-bond donors (Lipinski definition) is 1. The third-order valence-corrected chi connectivity index (χ3v) is 5.34. The number of amides is 1. The Hall–Kier alpha value is -4.33. The van der Waals surface area contributed by atoms with Crippen molar-refractivity contribution in [1.29, 1.82) is 0 Å². The van der Waals surface area contributed by atoms with Gasteiger partial charge in [0.1, 0.15) is 17.2 Å². The number of methoxy groups -OCH3 is 3. The van der Waals surface area contributed by atoms with Crippen molar-refractivity contribution >= 4 is 17.8 Å². The molecule has 0 heterocycles. The lowest BCUT2D eigenvalue weighted by Gasteiger charge is -2.16. The Morgan fingerprint density at radius 1 is 0.714 bits per heavy atom. The molecule has 0 aliphatic heterocycles. The van der Waals surface area contributed by atoms with E-state index in [1.54, 1.807) is 87.0 Å². The van der Waals surface area contributed by atoms with Gasteiger partial charge < -0.3 is 24.3 Å². The molecule has 0 aliphatic carbocycles. The van der Waals surface area contributed by atoms with Gasteiger partial charge in [0.2, 0.25) is 0 Å². The molecule has 0 radical (unpaired) electrons. The lowest BCUT2D eigenvalue weighted by molar-refractivity contribution is -0.145. The van der Waals surface area contributed by atoms with Crippen LogP contribution in [0.4, 0.5) is 0 Å². The molecule has 3 aromatic carbocycles. The molecule has 35 heavy (non-hydrogen) atoms. The van der Waals surface area contributed by atoms with E-state index in [1.807, 2.05) is 0 Å². The molecule has 1 atom stereocenters. The maximum Gasteiger partial charge on any atom is 0.343 e. The van der Waals surface area contributed by atoms with Gasteiger partial charge >= 0.3 is 11.9 Å². The standard InChI is InChI=1S/C27H27NO7/c1-32-22-12-6-19(7-13-22)25(29)28-17-21(26(30)34-3)16-18-4-10-24(11-5-18)35-27(31)20-8-14-23(33-2)15-9-20/h4-15,21H,16-17H2,1-3H3,(H,28,29). The van der Waals surface area contributed by atoms with Crippen LogP contribution in [0.5, 0.6) is 17.2 Å². The van der Waals surface area contributed by atoms with Crippen molar-refractivity contribution in [2.75, 3.05) is 27.9 Å². The summed E-state index contributed by atoms with van der Waals surface area (Å²) >= 11 is 0. The van der Waals surface area contributed by atoms with Crippen molar-refractivity contribution in [3.05, 3.63) is 89.5 Å². The minimum Gasteiger partial charge on any atom is -0.497 e. The summed E-state index contributed by atoms with van der Waals surface area (Å²) in [4.78, 5) is 37.1. The van der Waals surface area contributed by atoms with Crippen LogP contribution in [-0.4, -0.2) is 45.7 Å². The highest BCUT2D eigenvalue weighted by Gasteiger charge is 2.21. The van der Waals surface area contributed by atoms with Crippen molar-refractivity contribution in [3.8, 4) is 17.2 Å². The van der Waals surface area contributed by atoms with E-state index in [0.717, 1.165) is 5.56 Å². The first kappa shape index (κ1) is 25.3. The van der Waals surface area contributed by atoms with E-state index in [9.17, 15) is 14.4 Å². The Bertz CT molecular complexity index is 1140. The first-order chi connectivity index (χ1) is 16.9. The highest BCUT2D eigenvalue weighted by molar-refractivity contribution is 5.94. The van der Waals surface area contributed by atoms with Crippen LogP contribution in [0.25, 0.3) is 0 Å². The molecule has 1 N–H and O–H groups in total. The molecule has 0 saturated heterocycles. The van der Waals surface area contributed by atoms with Gasteiger partial charge in [0, 0.05) is 12.1 Å². The lowest BCUT2D eigenvalue weighted by atomic mass is 9.99. The van der Waals surface area contributed by atoms with E-state index >= 15 is 0 Å². The summed E-state index contributed by atoms with van der Waals surface area (Å²) in [5.41, 5.74) is 1.68. The van der Waals surface area contributed by atoms with Crippen molar-refractivity contribution in [3.63, 3.8) is 0 Å². The fourth-order valence-corrected chi connectivity index (χ4v) is 3.34. The minimum atomic E-state index is -0.588. The van der Waals surface area contributed by atoms with Gasteiger partial charge in [-0.1, -0.05) is 12.1 Å². The summed E-state index contributed by atoms with van der Waals surface area (Å²) in [6, 6.07) is 20.1. The zero-order valence-electron chi connectivity index (χ0n) is 19.8. The first-order valence-corrected chi connectivity index (χ1v) is 10.9. The fraction of sp³-hybridized carbons (Fsp3) is 0.222. The van der Waals surface area contributed by atoms with Crippen LogP contribution in [0.1, 0.15) is 26.3 Å². The summed E-state index contributed by atoms with van der Waals surface area (Å²) in [7, 11) is 4.41. The average molecular weight is 478 g/mol. The average Bonchev–Trinajstić information content (AvgIpc) is 2.91. The van der Waals surface area contributed by atoms with Crippen LogP contribution in [0.15, 0.2) is 72.8 Å². The number of hydrogen-bond acceptors (Lipinski definition) is 7. The number of esters is 2. The number of benzene rings is 3. The van der Waals surface area contributed by atoms with E-state index < -0.39 is 17.9 Å². The first-order valence-electron chi connectivity index (χ1n) is 10.9. The molecule has 8 nitrogen and oxygen atoms in total. The van der Waals surface area contributed by atoms with E-state index in [4.69, 9.17) is 18.9 Å². The largest absolute Gasteiger partial charge is 0.497 e. The Balaban J connectivity index is 1.59. The fourth-order valence-electron chi connectivity index (χ4n) is 3.34. The molecule has 182 valence electrons. The monoisotopic (exact) mass is 477 g/mol. The number of rotatable bonds is 10. The molecular weight excluding hydrogens is 450 g/mol. The Labute approximate surface area is 203 Å². The van der Waals surface area contributed by atoms with Gasteiger partial charge in [-0.05, 0) is 72.6 Å². The molecule has 0 spiro atoms. The number of carbonyl (C=O) groups excluding carboxylic acids is 3. The highest BCUT2D eigenvalue weighted by atomic mass is 16.5. The molecule has 8 heteroatoms. The number of nitrogens with one attached hydrogen (secondary N) is 1. The summed E-state index contributed by atoms with van der Waals surface area (Å²) in [6.45, 7) is 0.103. The molecule has 0 bridgehead atoms. The van der Waals surface area contributed by atoms with Crippen LogP contribution in [0, 0.1) is 5.92 Å². The van der Waals surface area contributed by atoms with Gasteiger partial charge in [-0.25, -0.2) is 4.79 Å². The van der Waals surface area contributed by atoms with Crippen LogP contribution >= 0.6 is 0 Å². The normalized spacial score (nSPS) is 11.2. The maximum absolute atomic E-state index is 12.5. The van der Waals surface area contributed by atoms with Crippen LogP contribution in [0.2, 0.25) is 0 Å². The second kappa shape index (κ2) is 12.2. The van der Waals surface area contributed by atoms with Crippen molar-refractivity contribution in [1.82, 2.24) is 5.32 Å². The second-order valence-corrected chi connectivity index (χ2v) is 7.62. The van der Waals surface area contributed by atoms with Gasteiger partial charge in [0.15, 0.2) is 0 Å². The highest BCUT2D eigenvalue weighted by Crippen LogP contribution is 2.19. The Kier molecular flexibility index (Phi) is 8.83.